The summed E-state index contributed by atoms with van der Waals surface area (Å²) in [5.41, 5.74) is 3.96. The highest BCUT2D eigenvalue weighted by Crippen LogP contribution is 2.17. The molecule has 12 heavy (non-hydrogen) atoms. The smallest absolute Gasteiger partial charge is 0.147 e. The molecule has 0 fully saturated rings. The lowest BCUT2D eigenvalue weighted by Gasteiger charge is -2.06. The Morgan fingerprint density at radius 3 is 2.17 bits per heavy atom. The van der Waals surface area contributed by atoms with Gasteiger partial charge < -0.3 is 4.84 Å². The van der Waals surface area contributed by atoms with Crippen molar-refractivity contribution in [1.82, 2.24) is 5.48 Å². The van der Waals surface area contributed by atoms with Gasteiger partial charge >= 0.3 is 0 Å². The summed E-state index contributed by atoms with van der Waals surface area (Å²) < 4.78 is 0. The molecule has 0 aliphatic carbocycles. The average Bonchev–Trinajstić information content (AvgIpc) is 2.06. The Kier molecular flexibility index (Phi) is 3.11. The molecule has 1 N–H and O–H groups in total. The Morgan fingerprint density at radius 2 is 1.75 bits per heavy atom. The molecule has 2 nitrogen and oxygen atoms in total. The Balaban J connectivity index is 2.71. The van der Waals surface area contributed by atoms with Gasteiger partial charge in [0, 0.05) is 7.05 Å². The second-order valence-corrected chi connectivity index (χ2v) is 3.03. The number of nitrogens with one attached hydrogen (secondary N) is 1. The third kappa shape index (κ3) is 2.24. The zero-order valence-corrected chi connectivity index (χ0v) is 7.79. The molecule has 2 heteroatoms. The van der Waals surface area contributed by atoms with Crippen molar-refractivity contribution in [3.63, 3.8) is 0 Å². The maximum absolute atomic E-state index is 5.09. The van der Waals surface area contributed by atoms with Crippen LogP contribution in [0.25, 0.3) is 0 Å². The summed E-state index contributed by atoms with van der Waals surface area (Å²) in [6.45, 7) is 4.35. The summed E-state index contributed by atoms with van der Waals surface area (Å²) in [5.74, 6) is 1.43. The van der Waals surface area contributed by atoms with E-state index in [1.54, 1.807) is 7.05 Å². The predicted molar refractivity (Wildman–Crippen MR) is 50.2 cm³/mol. The zero-order chi connectivity index (χ0) is 8.97. The minimum atomic E-state index is 0.577. The Morgan fingerprint density at radius 1 is 1.17 bits per heavy atom. The van der Waals surface area contributed by atoms with Crippen LogP contribution in [0.2, 0.25) is 0 Å². The average molecular weight is 165 g/mol. The molecule has 0 radical (unpaired) electrons. The van der Waals surface area contributed by atoms with E-state index in [4.69, 9.17) is 4.84 Å². The molecule has 0 saturated heterocycles. The van der Waals surface area contributed by atoms with Gasteiger partial charge in [0.05, 0.1) is 0 Å². The first kappa shape index (κ1) is 9.07. The van der Waals surface area contributed by atoms with Gasteiger partial charge in [-0.3, -0.25) is 0 Å². The topological polar surface area (TPSA) is 21.3 Å². The molecule has 0 saturated carbocycles. The molecule has 0 bridgehead atoms. The SMILES string of the molecule is CNOc1ccc(C(C)C)cc1. The molecule has 0 heterocycles. The molecule has 0 aliphatic rings. The summed E-state index contributed by atoms with van der Waals surface area (Å²) in [6, 6.07) is 8.09. The Labute approximate surface area is 73.5 Å². The molecule has 0 amide bonds. The lowest BCUT2D eigenvalue weighted by atomic mass is 10.0. The zero-order valence-electron chi connectivity index (χ0n) is 7.79. The molecule has 1 rings (SSSR count). The van der Waals surface area contributed by atoms with Gasteiger partial charge in [-0.1, -0.05) is 26.0 Å². The van der Waals surface area contributed by atoms with Gasteiger partial charge in [-0.05, 0) is 23.6 Å². The molecule has 0 aliphatic heterocycles. The van der Waals surface area contributed by atoms with Crippen molar-refractivity contribution in [3.05, 3.63) is 29.8 Å². The molecular weight excluding hydrogens is 150 g/mol. The van der Waals surface area contributed by atoms with E-state index >= 15 is 0 Å². The minimum absolute atomic E-state index is 0.577. The second kappa shape index (κ2) is 4.12. The number of rotatable bonds is 3. The first-order chi connectivity index (χ1) is 5.74. The molecule has 0 atom stereocenters. The predicted octanol–water partition coefficient (Wildman–Crippen LogP) is 2.32. The number of hydrogen-bond donors (Lipinski definition) is 1. The summed E-state index contributed by atoms with van der Waals surface area (Å²) in [6.07, 6.45) is 0. The van der Waals surface area contributed by atoms with Crippen LogP contribution in [0, 0.1) is 0 Å². The van der Waals surface area contributed by atoms with E-state index < -0.39 is 0 Å². The quantitative estimate of drug-likeness (QED) is 0.694. The summed E-state index contributed by atoms with van der Waals surface area (Å²) >= 11 is 0. The largest absolute Gasteiger partial charge is 0.409 e. The summed E-state index contributed by atoms with van der Waals surface area (Å²) in [7, 11) is 1.75. The van der Waals surface area contributed by atoms with Gasteiger partial charge in [0.2, 0.25) is 0 Å². The maximum atomic E-state index is 5.09. The lowest BCUT2D eigenvalue weighted by Crippen LogP contribution is -2.10. The normalized spacial score (nSPS) is 10.3. The van der Waals surface area contributed by atoms with Crippen LogP contribution in [0.1, 0.15) is 25.3 Å². The molecule has 1 aromatic rings. The van der Waals surface area contributed by atoms with Gasteiger partial charge in [-0.25, -0.2) is 0 Å². The van der Waals surface area contributed by atoms with Crippen molar-refractivity contribution >= 4 is 0 Å². The molecule has 1 aromatic carbocycles. The fourth-order valence-corrected chi connectivity index (χ4v) is 1.04. The third-order valence-corrected chi connectivity index (χ3v) is 1.77. The van der Waals surface area contributed by atoms with E-state index in [2.05, 4.69) is 31.5 Å². The summed E-state index contributed by atoms with van der Waals surface area (Å²) in [4.78, 5) is 5.09. The highest BCUT2D eigenvalue weighted by atomic mass is 16.6. The van der Waals surface area contributed by atoms with Crippen molar-refractivity contribution in [2.45, 2.75) is 19.8 Å². The van der Waals surface area contributed by atoms with Crippen molar-refractivity contribution < 1.29 is 4.84 Å². The van der Waals surface area contributed by atoms with Crippen LogP contribution in [0.15, 0.2) is 24.3 Å². The van der Waals surface area contributed by atoms with Crippen molar-refractivity contribution in [1.29, 1.82) is 0 Å². The first-order valence-corrected chi connectivity index (χ1v) is 4.17. The van der Waals surface area contributed by atoms with Gasteiger partial charge in [0.1, 0.15) is 5.75 Å². The Bertz CT molecular complexity index is 228. The van der Waals surface area contributed by atoms with Crippen LogP contribution in [0.5, 0.6) is 5.75 Å². The van der Waals surface area contributed by atoms with Gasteiger partial charge in [0.15, 0.2) is 0 Å². The van der Waals surface area contributed by atoms with Crippen molar-refractivity contribution in [2.75, 3.05) is 7.05 Å². The molecule has 66 valence electrons. The van der Waals surface area contributed by atoms with E-state index in [-0.39, 0.29) is 0 Å². The summed E-state index contributed by atoms with van der Waals surface area (Å²) in [5, 5.41) is 0. The maximum Gasteiger partial charge on any atom is 0.147 e. The van der Waals surface area contributed by atoms with E-state index in [1.165, 1.54) is 5.56 Å². The van der Waals surface area contributed by atoms with Crippen LogP contribution in [-0.2, 0) is 0 Å². The minimum Gasteiger partial charge on any atom is -0.409 e. The van der Waals surface area contributed by atoms with E-state index in [1.807, 2.05) is 12.1 Å². The molecule has 0 aromatic heterocycles. The van der Waals surface area contributed by atoms with Crippen molar-refractivity contribution in [3.8, 4) is 5.75 Å². The van der Waals surface area contributed by atoms with Crippen LogP contribution in [-0.4, -0.2) is 7.05 Å². The fourth-order valence-electron chi connectivity index (χ4n) is 1.04. The van der Waals surface area contributed by atoms with E-state index in [0.717, 1.165) is 5.75 Å². The fraction of sp³-hybridized carbons (Fsp3) is 0.400. The lowest BCUT2D eigenvalue weighted by molar-refractivity contribution is 0.224. The van der Waals surface area contributed by atoms with Gasteiger partial charge in [-0.15, -0.1) is 0 Å². The molecular formula is C10H15NO. The second-order valence-electron chi connectivity index (χ2n) is 3.03. The van der Waals surface area contributed by atoms with Gasteiger partial charge in [-0.2, -0.15) is 5.48 Å². The highest BCUT2D eigenvalue weighted by Gasteiger charge is 1.98. The highest BCUT2D eigenvalue weighted by molar-refractivity contribution is 5.28. The van der Waals surface area contributed by atoms with Crippen LogP contribution in [0.4, 0.5) is 0 Å². The first-order valence-electron chi connectivity index (χ1n) is 4.17. The van der Waals surface area contributed by atoms with Gasteiger partial charge in [0.25, 0.3) is 0 Å². The monoisotopic (exact) mass is 165 g/mol. The van der Waals surface area contributed by atoms with Crippen molar-refractivity contribution in [2.24, 2.45) is 0 Å². The van der Waals surface area contributed by atoms with E-state index in [9.17, 15) is 0 Å². The molecule has 0 spiro atoms. The standard InChI is InChI=1S/C10H15NO/c1-8(2)9-4-6-10(7-5-9)12-11-3/h4-8,11H,1-3H3. The van der Waals surface area contributed by atoms with E-state index in [0.29, 0.717) is 5.92 Å². The van der Waals surface area contributed by atoms with Crippen LogP contribution < -0.4 is 10.3 Å². The van der Waals surface area contributed by atoms with Crippen LogP contribution in [0.3, 0.4) is 0 Å². The third-order valence-electron chi connectivity index (χ3n) is 1.77. The van der Waals surface area contributed by atoms with Crippen LogP contribution >= 0.6 is 0 Å². The number of hydrogen-bond acceptors (Lipinski definition) is 2. The molecule has 0 unspecified atom stereocenters. The number of benzene rings is 1. The Hall–Kier alpha value is -1.02. The number of hydroxylamine groups is 1.